The molecule has 0 bridgehead atoms. The molecule has 1 N–H and O–H groups in total. The maximum Gasteiger partial charge on any atom is 0.322 e. The van der Waals surface area contributed by atoms with E-state index >= 15 is 0 Å². The normalized spacial score (nSPS) is 23.3. The second-order valence-corrected chi connectivity index (χ2v) is 4.64. The van der Waals surface area contributed by atoms with Gasteiger partial charge in [-0.25, -0.2) is 0 Å². The van der Waals surface area contributed by atoms with Crippen molar-refractivity contribution in [3.63, 3.8) is 0 Å². The number of methoxy groups -OCH3 is 1. The molecular formula is C12H21N5O2. The number of hydrogen-bond donors (Lipinski definition) is 1. The van der Waals surface area contributed by atoms with Gasteiger partial charge in [-0.2, -0.15) is 15.0 Å². The number of rotatable bonds is 4. The maximum atomic E-state index is 5.71. The fourth-order valence-electron chi connectivity index (χ4n) is 2.16. The van der Waals surface area contributed by atoms with Crippen molar-refractivity contribution in [1.82, 2.24) is 15.0 Å². The largest absolute Gasteiger partial charge is 0.467 e. The van der Waals surface area contributed by atoms with Crippen LogP contribution >= 0.6 is 0 Å². The van der Waals surface area contributed by atoms with Crippen molar-refractivity contribution in [2.45, 2.75) is 33.0 Å². The first-order valence-electron chi connectivity index (χ1n) is 6.56. The van der Waals surface area contributed by atoms with Gasteiger partial charge in [-0.1, -0.05) is 0 Å². The van der Waals surface area contributed by atoms with E-state index in [1.807, 2.05) is 20.8 Å². The lowest BCUT2D eigenvalue weighted by Gasteiger charge is -2.35. The molecule has 0 spiro atoms. The third-order valence-electron chi connectivity index (χ3n) is 2.82. The highest BCUT2D eigenvalue weighted by atomic mass is 16.5. The van der Waals surface area contributed by atoms with Crippen LogP contribution in [0.2, 0.25) is 0 Å². The molecule has 106 valence electrons. The molecule has 0 radical (unpaired) electrons. The van der Waals surface area contributed by atoms with E-state index in [-0.39, 0.29) is 12.2 Å². The molecule has 1 aromatic rings. The van der Waals surface area contributed by atoms with E-state index in [1.54, 1.807) is 7.11 Å². The quantitative estimate of drug-likeness (QED) is 0.869. The van der Waals surface area contributed by atoms with Crippen LogP contribution in [0.5, 0.6) is 6.01 Å². The van der Waals surface area contributed by atoms with Gasteiger partial charge in [-0.3, -0.25) is 0 Å². The van der Waals surface area contributed by atoms with Crippen LogP contribution < -0.4 is 15.0 Å². The van der Waals surface area contributed by atoms with E-state index in [0.29, 0.717) is 17.9 Å². The monoisotopic (exact) mass is 267 g/mol. The molecule has 7 heteroatoms. The number of ether oxygens (including phenoxy) is 2. The molecule has 19 heavy (non-hydrogen) atoms. The highest BCUT2D eigenvalue weighted by molar-refractivity contribution is 5.39. The minimum atomic E-state index is 0.161. The molecule has 2 unspecified atom stereocenters. The standard InChI is InChI=1S/C12H21N5O2/c1-5-13-10-14-11(16-12(15-10)18-4)17-6-8(2)19-9(3)7-17/h8-9H,5-7H2,1-4H3,(H,13,14,15,16). The first kappa shape index (κ1) is 13.8. The van der Waals surface area contributed by atoms with Gasteiger partial charge < -0.3 is 19.7 Å². The smallest absolute Gasteiger partial charge is 0.322 e. The van der Waals surface area contributed by atoms with Crippen LogP contribution in [0.25, 0.3) is 0 Å². The highest BCUT2D eigenvalue weighted by Crippen LogP contribution is 2.19. The van der Waals surface area contributed by atoms with Gasteiger partial charge in [0, 0.05) is 19.6 Å². The number of morpholine rings is 1. The van der Waals surface area contributed by atoms with Crippen LogP contribution in [0, 0.1) is 0 Å². The Kier molecular flexibility index (Phi) is 4.36. The van der Waals surface area contributed by atoms with Crippen molar-refractivity contribution in [1.29, 1.82) is 0 Å². The Hall–Kier alpha value is -1.63. The molecule has 0 aromatic carbocycles. The Bertz CT molecular complexity index is 419. The molecule has 0 amide bonds. The molecule has 2 heterocycles. The Labute approximate surface area is 113 Å². The van der Waals surface area contributed by atoms with Crippen LogP contribution in [0.15, 0.2) is 0 Å². The third kappa shape index (κ3) is 3.44. The van der Waals surface area contributed by atoms with Gasteiger partial charge in [-0.15, -0.1) is 0 Å². The summed E-state index contributed by atoms with van der Waals surface area (Å²) in [6.45, 7) is 8.38. The summed E-state index contributed by atoms with van der Waals surface area (Å²) in [6.07, 6.45) is 0.322. The molecule has 2 atom stereocenters. The lowest BCUT2D eigenvalue weighted by molar-refractivity contribution is -0.00576. The zero-order valence-corrected chi connectivity index (χ0v) is 11.9. The second kappa shape index (κ2) is 6.01. The summed E-state index contributed by atoms with van der Waals surface area (Å²) in [5, 5.41) is 3.08. The number of nitrogens with one attached hydrogen (secondary N) is 1. The van der Waals surface area contributed by atoms with Gasteiger partial charge in [0.1, 0.15) is 0 Å². The number of aromatic nitrogens is 3. The molecule has 0 aliphatic carbocycles. The molecule has 1 aromatic heterocycles. The van der Waals surface area contributed by atoms with Gasteiger partial charge >= 0.3 is 6.01 Å². The third-order valence-corrected chi connectivity index (χ3v) is 2.82. The summed E-state index contributed by atoms with van der Waals surface area (Å²) in [4.78, 5) is 15.0. The molecule has 1 saturated heterocycles. The topological polar surface area (TPSA) is 72.4 Å². The van der Waals surface area contributed by atoms with E-state index in [0.717, 1.165) is 19.6 Å². The zero-order chi connectivity index (χ0) is 13.8. The molecule has 1 fully saturated rings. The van der Waals surface area contributed by atoms with Crippen molar-refractivity contribution in [2.24, 2.45) is 0 Å². The van der Waals surface area contributed by atoms with Crippen molar-refractivity contribution in [3.05, 3.63) is 0 Å². The molecule has 7 nitrogen and oxygen atoms in total. The SMILES string of the molecule is CCNc1nc(OC)nc(N2CC(C)OC(C)C2)n1. The minimum Gasteiger partial charge on any atom is -0.467 e. The van der Waals surface area contributed by atoms with Gasteiger partial charge in [0.05, 0.1) is 19.3 Å². The van der Waals surface area contributed by atoms with E-state index in [9.17, 15) is 0 Å². The Morgan fingerprint density at radius 3 is 2.53 bits per heavy atom. The van der Waals surface area contributed by atoms with Crippen molar-refractivity contribution in [3.8, 4) is 6.01 Å². The number of nitrogens with zero attached hydrogens (tertiary/aromatic N) is 4. The van der Waals surface area contributed by atoms with Crippen molar-refractivity contribution >= 4 is 11.9 Å². The summed E-state index contributed by atoms with van der Waals surface area (Å²) in [5.74, 6) is 1.17. The van der Waals surface area contributed by atoms with Crippen LogP contribution in [-0.4, -0.2) is 53.9 Å². The van der Waals surface area contributed by atoms with Gasteiger partial charge in [0.25, 0.3) is 0 Å². The minimum absolute atomic E-state index is 0.161. The van der Waals surface area contributed by atoms with Crippen molar-refractivity contribution < 1.29 is 9.47 Å². The summed E-state index contributed by atoms with van der Waals surface area (Å²) in [5.41, 5.74) is 0. The van der Waals surface area contributed by atoms with Gasteiger partial charge in [0.15, 0.2) is 0 Å². The fourth-order valence-corrected chi connectivity index (χ4v) is 2.16. The van der Waals surface area contributed by atoms with Crippen LogP contribution in [-0.2, 0) is 4.74 Å². The van der Waals surface area contributed by atoms with E-state index in [4.69, 9.17) is 9.47 Å². The van der Waals surface area contributed by atoms with E-state index < -0.39 is 0 Å². The Morgan fingerprint density at radius 1 is 1.26 bits per heavy atom. The molecular weight excluding hydrogens is 246 g/mol. The molecule has 1 aliphatic heterocycles. The van der Waals surface area contributed by atoms with Crippen LogP contribution in [0.1, 0.15) is 20.8 Å². The summed E-state index contributed by atoms with van der Waals surface area (Å²) >= 11 is 0. The summed E-state index contributed by atoms with van der Waals surface area (Å²) in [6, 6.07) is 0.327. The predicted octanol–water partition coefficient (Wildman–Crippen LogP) is 0.926. The average Bonchev–Trinajstić information content (AvgIpc) is 2.37. The average molecular weight is 267 g/mol. The predicted molar refractivity (Wildman–Crippen MR) is 72.8 cm³/mol. The summed E-state index contributed by atoms with van der Waals surface area (Å²) in [7, 11) is 1.55. The zero-order valence-electron chi connectivity index (χ0n) is 11.9. The van der Waals surface area contributed by atoms with E-state index in [1.165, 1.54) is 0 Å². The molecule has 0 saturated carbocycles. The Balaban J connectivity index is 2.24. The van der Waals surface area contributed by atoms with Gasteiger partial charge in [-0.05, 0) is 20.8 Å². The summed E-state index contributed by atoms with van der Waals surface area (Å²) < 4.78 is 10.8. The number of hydrogen-bond acceptors (Lipinski definition) is 7. The first-order valence-corrected chi connectivity index (χ1v) is 6.56. The number of anilines is 2. The lowest BCUT2D eigenvalue weighted by atomic mass is 10.2. The van der Waals surface area contributed by atoms with Gasteiger partial charge in [0.2, 0.25) is 11.9 Å². The second-order valence-electron chi connectivity index (χ2n) is 4.64. The van der Waals surface area contributed by atoms with Crippen LogP contribution in [0.4, 0.5) is 11.9 Å². The van der Waals surface area contributed by atoms with E-state index in [2.05, 4.69) is 25.2 Å². The Morgan fingerprint density at radius 2 is 1.95 bits per heavy atom. The maximum absolute atomic E-state index is 5.71. The lowest BCUT2D eigenvalue weighted by Crippen LogP contribution is -2.46. The highest BCUT2D eigenvalue weighted by Gasteiger charge is 2.25. The van der Waals surface area contributed by atoms with Crippen molar-refractivity contribution in [2.75, 3.05) is 37.0 Å². The first-order chi connectivity index (χ1) is 9.12. The fraction of sp³-hybridized carbons (Fsp3) is 0.750. The van der Waals surface area contributed by atoms with Crippen LogP contribution in [0.3, 0.4) is 0 Å². The molecule has 2 rings (SSSR count). The molecule has 1 aliphatic rings.